The first kappa shape index (κ1) is 64.3. The molecule has 392 valence electrons. The molecule has 1 atom stereocenters. The second-order valence-electron chi connectivity index (χ2n) is 18.6. The van der Waals surface area contributed by atoms with Crippen LogP contribution in [0.2, 0.25) is 0 Å². The van der Waals surface area contributed by atoms with Crippen LogP contribution in [0.3, 0.4) is 0 Å². The fourth-order valence-corrected chi connectivity index (χ4v) is 8.07. The smallest absolute Gasteiger partial charge is 0.306 e. The molecule has 1 heterocycles. The molecule has 1 unspecified atom stereocenters. The van der Waals surface area contributed by atoms with E-state index in [4.69, 9.17) is 23.7 Å². The van der Waals surface area contributed by atoms with Gasteiger partial charge in [0.25, 0.3) is 6.47 Å². The maximum absolute atomic E-state index is 12.6. The SMILES string of the molecule is C=CCCCCCC(CCCCCC=C)OC(=O)CCCCCC(=O)OCC(COC(=O)CCCCCC)COC(=O)CCCN1CCCC1.C=CCCCCCC(CCCCCC=C)OC=O. The van der Waals surface area contributed by atoms with Gasteiger partial charge in [0.15, 0.2) is 0 Å². The maximum Gasteiger partial charge on any atom is 0.306 e. The van der Waals surface area contributed by atoms with Crippen molar-refractivity contribution in [3.63, 3.8) is 0 Å². The number of allylic oxidation sites excluding steroid dienone is 4. The maximum atomic E-state index is 12.6. The van der Waals surface area contributed by atoms with E-state index in [0.717, 1.165) is 154 Å². The second-order valence-corrected chi connectivity index (χ2v) is 18.6. The minimum absolute atomic E-state index is 0.0118. The standard InChI is InChI=1S/C41H71NO8.C16H28O2/c1-4-7-10-13-16-24-37(25-17-14-11-8-5-2)50-41(46)28-20-15-19-27-39(44)48-34-36(33-47-38(43)26-18-12-9-6-3)35-49-40(45)29-23-32-42-30-21-22-31-42;1-3-5-7-9-11-13-16(18-15-17)14-12-10-8-6-4-2/h4-5,36-37H,1-2,6-35H2,3H3;3-4,15-16H,1-2,5-14H2. The van der Waals surface area contributed by atoms with Crippen LogP contribution in [0.1, 0.15) is 225 Å². The first-order valence-corrected chi connectivity index (χ1v) is 27.1. The van der Waals surface area contributed by atoms with Crippen molar-refractivity contribution in [1.29, 1.82) is 0 Å². The summed E-state index contributed by atoms with van der Waals surface area (Å²) in [6.07, 6.45) is 39.8. The Balaban J connectivity index is 0.00000209. The highest BCUT2D eigenvalue weighted by atomic mass is 16.6. The molecule has 11 heteroatoms. The van der Waals surface area contributed by atoms with Gasteiger partial charge in [0, 0.05) is 25.7 Å². The van der Waals surface area contributed by atoms with Crippen LogP contribution < -0.4 is 0 Å². The largest absolute Gasteiger partial charge is 0.465 e. The van der Waals surface area contributed by atoms with Crippen molar-refractivity contribution in [2.24, 2.45) is 5.92 Å². The van der Waals surface area contributed by atoms with E-state index in [1.165, 1.54) is 38.5 Å². The Morgan fingerprint density at radius 3 is 1.24 bits per heavy atom. The quantitative estimate of drug-likeness (QED) is 0.0190. The first-order chi connectivity index (χ1) is 33.2. The average molecular weight is 958 g/mol. The third kappa shape index (κ3) is 43.5. The molecule has 11 nitrogen and oxygen atoms in total. The van der Waals surface area contributed by atoms with Gasteiger partial charge in [-0.1, -0.05) is 82.6 Å². The number of esters is 4. The number of unbranched alkanes of at least 4 members (excludes halogenated alkanes) is 17. The Kier molecular flexibility index (Phi) is 47.0. The molecule has 0 bridgehead atoms. The average Bonchev–Trinajstić information content (AvgIpc) is 3.86. The predicted molar refractivity (Wildman–Crippen MR) is 277 cm³/mol. The van der Waals surface area contributed by atoms with Crippen LogP contribution in [-0.2, 0) is 47.7 Å². The van der Waals surface area contributed by atoms with E-state index >= 15 is 0 Å². The zero-order valence-corrected chi connectivity index (χ0v) is 43.3. The van der Waals surface area contributed by atoms with Gasteiger partial charge in [-0.05, 0) is 161 Å². The Morgan fingerprint density at radius 2 is 0.838 bits per heavy atom. The number of nitrogens with zero attached hydrogens (tertiary/aromatic N) is 1. The van der Waals surface area contributed by atoms with E-state index in [1.807, 2.05) is 24.3 Å². The molecule has 0 spiro atoms. The fraction of sp³-hybridized carbons (Fsp3) is 0.772. The number of ether oxygens (including phenoxy) is 5. The molecule has 0 aromatic carbocycles. The van der Waals surface area contributed by atoms with E-state index in [-0.39, 0.29) is 62.3 Å². The molecule has 1 aliphatic rings. The van der Waals surface area contributed by atoms with Crippen LogP contribution in [0.5, 0.6) is 0 Å². The van der Waals surface area contributed by atoms with E-state index < -0.39 is 5.92 Å². The summed E-state index contributed by atoms with van der Waals surface area (Å²) in [7, 11) is 0. The lowest BCUT2D eigenvalue weighted by Crippen LogP contribution is -2.27. The summed E-state index contributed by atoms with van der Waals surface area (Å²) in [5.74, 6) is -1.52. The molecule has 0 radical (unpaired) electrons. The second kappa shape index (κ2) is 49.7. The van der Waals surface area contributed by atoms with Gasteiger partial charge in [-0.3, -0.25) is 24.0 Å². The summed E-state index contributed by atoms with van der Waals surface area (Å²) in [4.78, 5) is 62.6. The summed E-state index contributed by atoms with van der Waals surface area (Å²) < 4.78 is 27.5. The highest BCUT2D eigenvalue weighted by Crippen LogP contribution is 2.19. The Hall–Kier alpha value is -3.73. The molecule has 68 heavy (non-hydrogen) atoms. The number of hydrogen-bond donors (Lipinski definition) is 0. The molecule has 1 aliphatic heterocycles. The Bertz CT molecular complexity index is 1240. The third-order valence-electron chi connectivity index (χ3n) is 12.3. The fourth-order valence-electron chi connectivity index (χ4n) is 8.07. The molecule has 0 amide bonds. The lowest BCUT2D eigenvalue weighted by atomic mass is 10.0. The summed E-state index contributed by atoms with van der Waals surface area (Å²) in [6, 6.07) is 0. The summed E-state index contributed by atoms with van der Waals surface area (Å²) >= 11 is 0. The van der Waals surface area contributed by atoms with Gasteiger partial charge in [-0.15, -0.1) is 26.3 Å². The van der Waals surface area contributed by atoms with Crippen LogP contribution in [0.4, 0.5) is 0 Å². The topological polar surface area (TPSA) is 135 Å². The first-order valence-electron chi connectivity index (χ1n) is 27.1. The number of hydrogen-bond acceptors (Lipinski definition) is 11. The van der Waals surface area contributed by atoms with Gasteiger partial charge >= 0.3 is 23.9 Å². The van der Waals surface area contributed by atoms with E-state index in [1.54, 1.807) is 0 Å². The lowest BCUT2D eigenvalue weighted by molar-refractivity contribution is -0.154. The highest BCUT2D eigenvalue weighted by Gasteiger charge is 2.19. The molecule has 0 aromatic rings. The van der Waals surface area contributed by atoms with Gasteiger partial charge in [-0.2, -0.15) is 0 Å². The van der Waals surface area contributed by atoms with Crippen LogP contribution in [0.15, 0.2) is 50.6 Å². The van der Waals surface area contributed by atoms with Crippen molar-refractivity contribution in [1.82, 2.24) is 4.90 Å². The molecule has 1 fully saturated rings. The zero-order valence-electron chi connectivity index (χ0n) is 43.3. The lowest BCUT2D eigenvalue weighted by Gasteiger charge is -2.18. The molecular formula is C57H99NO10. The molecule has 1 saturated heterocycles. The summed E-state index contributed by atoms with van der Waals surface area (Å²) in [6.45, 7) is 20.9. The molecular weight excluding hydrogens is 859 g/mol. The number of carbonyl (C=O) groups is 5. The van der Waals surface area contributed by atoms with Crippen molar-refractivity contribution in [3.8, 4) is 0 Å². The van der Waals surface area contributed by atoms with Crippen molar-refractivity contribution >= 4 is 30.3 Å². The molecule has 1 rings (SSSR count). The molecule has 0 aliphatic carbocycles. The Labute approximate surface area is 415 Å². The van der Waals surface area contributed by atoms with Crippen LogP contribution in [-0.4, -0.2) is 86.9 Å². The monoisotopic (exact) mass is 958 g/mol. The predicted octanol–water partition coefficient (Wildman–Crippen LogP) is 14.0. The van der Waals surface area contributed by atoms with E-state index in [9.17, 15) is 24.0 Å². The highest BCUT2D eigenvalue weighted by molar-refractivity contribution is 5.70. The van der Waals surface area contributed by atoms with Crippen molar-refractivity contribution < 1.29 is 47.7 Å². The third-order valence-corrected chi connectivity index (χ3v) is 12.3. The van der Waals surface area contributed by atoms with Gasteiger partial charge in [0.1, 0.15) is 32.0 Å². The number of rotatable bonds is 48. The molecule has 0 saturated carbocycles. The number of likely N-dealkylation sites (tertiary alicyclic amines) is 1. The van der Waals surface area contributed by atoms with Crippen LogP contribution >= 0.6 is 0 Å². The summed E-state index contributed by atoms with van der Waals surface area (Å²) in [5, 5.41) is 0. The van der Waals surface area contributed by atoms with Gasteiger partial charge < -0.3 is 28.6 Å². The van der Waals surface area contributed by atoms with Gasteiger partial charge in [0.05, 0.1) is 5.92 Å². The van der Waals surface area contributed by atoms with Crippen molar-refractivity contribution in [2.45, 2.75) is 237 Å². The van der Waals surface area contributed by atoms with Crippen molar-refractivity contribution in [3.05, 3.63) is 50.6 Å². The minimum Gasteiger partial charge on any atom is -0.465 e. The minimum atomic E-state index is -0.423. The molecule has 0 aromatic heterocycles. The summed E-state index contributed by atoms with van der Waals surface area (Å²) in [5.41, 5.74) is 0. The van der Waals surface area contributed by atoms with Crippen molar-refractivity contribution in [2.75, 3.05) is 39.5 Å². The zero-order chi connectivity index (χ0) is 50.0. The van der Waals surface area contributed by atoms with Crippen LogP contribution in [0.25, 0.3) is 0 Å². The van der Waals surface area contributed by atoms with Crippen LogP contribution in [0, 0.1) is 5.92 Å². The van der Waals surface area contributed by atoms with E-state index in [0.29, 0.717) is 45.0 Å². The normalized spacial score (nSPS) is 12.7. The molecule has 0 N–H and O–H groups in total. The van der Waals surface area contributed by atoms with Gasteiger partial charge in [0.2, 0.25) is 0 Å². The van der Waals surface area contributed by atoms with Gasteiger partial charge in [-0.25, -0.2) is 0 Å². The Morgan fingerprint density at radius 1 is 0.471 bits per heavy atom. The van der Waals surface area contributed by atoms with E-state index in [2.05, 4.69) is 38.1 Å². The number of carbonyl (C=O) groups excluding carboxylic acids is 5.